The van der Waals surface area contributed by atoms with Crippen molar-refractivity contribution >= 4 is 35.9 Å². The van der Waals surface area contributed by atoms with Crippen LogP contribution in [0.3, 0.4) is 0 Å². The van der Waals surface area contributed by atoms with Crippen molar-refractivity contribution in [3.05, 3.63) is 18.0 Å². The van der Waals surface area contributed by atoms with Gasteiger partial charge in [-0.05, 0) is 45.0 Å². The predicted molar refractivity (Wildman–Crippen MR) is 120 cm³/mol. The van der Waals surface area contributed by atoms with Gasteiger partial charge in [-0.1, -0.05) is 12.8 Å². The van der Waals surface area contributed by atoms with E-state index < -0.39 is 11.9 Å². The minimum absolute atomic E-state index is 0. The van der Waals surface area contributed by atoms with E-state index >= 15 is 0 Å². The van der Waals surface area contributed by atoms with Gasteiger partial charge in [-0.15, -0.1) is 24.0 Å². The molecule has 1 aliphatic heterocycles. The molecule has 0 aliphatic carbocycles. The van der Waals surface area contributed by atoms with Crippen LogP contribution in [-0.2, 0) is 6.18 Å². The van der Waals surface area contributed by atoms with Gasteiger partial charge in [0.15, 0.2) is 5.96 Å². The van der Waals surface area contributed by atoms with Gasteiger partial charge in [0.1, 0.15) is 5.69 Å². The van der Waals surface area contributed by atoms with Gasteiger partial charge in [0.05, 0.1) is 0 Å². The maximum absolute atomic E-state index is 12.6. The average molecular weight is 529 g/mol. The Kier molecular flexibility index (Phi) is 12.2. The SMILES string of the molecule is CN=C(NCCCN1CCCCCC1)NCCNc1nccc(C(F)(F)F)n1.I. The Hall–Kier alpha value is -1.37. The lowest BCUT2D eigenvalue weighted by molar-refractivity contribution is -0.141. The number of nitrogens with zero attached hydrogens (tertiary/aromatic N) is 4. The first kappa shape index (κ1) is 25.7. The Morgan fingerprint density at radius 3 is 2.45 bits per heavy atom. The highest BCUT2D eigenvalue weighted by Gasteiger charge is 2.32. The lowest BCUT2D eigenvalue weighted by Gasteiger charge is -2.20. The fourth-order valence-electron chi connectivity index (χ4n) is 3.05. The summed E-state index contributed by atoms with van der Waals surface area (Å²) in [5, 5.41) is 9.15. The van der Waals surface area contributed by atoms with E-state index in [1.807, 2.05) is 0 Å². The van der Waals surface area contributed by atoms with Gasteiger partial charge in [0.25, 0.3) is 0 Å². The first-order valence-electron chi connectivity index (χ1n) is 9.80. The number of hydrogen-bond donors (Lipinski definition) is 3. The number of nitrogens with one attached hydrogen (secondary N) is 3. The molecule has 1 aromatic heterocycles. The predicted octanol–water partition coefficient (Wildman–Crippen LogP) is 2.96. The van der Waals surface area contributed by atoms with Crippen LogP contribution in [0.25, 0.3) is 0 Å². The number of alkyl halides is 3. The smallest absolute Gasteiger partial charge is 0.356 e. The minimum Gasteiger partial charge on any atom is -0.356 e. The zero-order chi connectivity index (χ0) is 20.2. The lowest BCUT2D eigenvalue weighted by atomic mass is 10.2. The average Bonchev–Trinajstić information content (AvgIpc) is 2.95. The second-order valence-electron chi connectivity index (χ2n) is 6.73. The van der Waals surface area contributed by atoms with E-state index in [1.165, 1.54) is 38.8 Å². The molecule has 0 unspecified atom stereocenters. The number of halogens is 4. The molecule has 0 radical (unpaired) electrons. The van der Waals surface area contributed by atoms with Crippen LogP contribution in [0.15, 0.2) is 17.3 Å². The molecule has 2 rings (SSSR count). The molecule has 29 heavy (non-hydrogen) atoms. The van der Waals surface area contributed by atoms with E-state index in [4.69, 9.17) is 0 Å². The molecule has 0 spiro atoms. The number of hydrogen-bond acceptors (Lipinski definition) is 5. The summed E-state index contributed by atoms with van der Waals surface area (Å²) in [5.41, 5.74) is -0.958. The number of rotatable bonds is 8. The number of anilines is 1. The van der Waals surface area contributed by atoms with Crippen molar-refractivity contribution in [2.75, 3.05) is 51.6 Å². The monoisotopic (exact) mass is 529 g/mol. The molecule has 166 valence electrons. The summed E-state index contributed by atoms with van der Waals surface area (Å²) in [7, 11) is 1.69. The van der Waals surface area contributed by atoms with E-state index in [0.29, 0.717) is 19.0 Å². The highest BCUT2D eigenvalue weighted by Crippen LogP contribution is 2.27. The van der Waals surface area contributed by atoms with Gasteiger partial charge in [-0.2, -0.15) is 13.2 Å². The Bertz CT molecular complexity index is 605. The van der Waals surface area contributed by atoms with Crippen LogP contribution < -0.4 is 16.0 Å². The van der Waals surface area contributed by atoms with Gasteiger partial charge >= 0.3 is 6.18 Å². The summed E-state index contributed by atoms with van der Waals surface area (Å²) in [5.74, 6) is 0.625. The maximum atomic E-state index is 12.6. The van der Waals surface area contributed by atoms with E-state index in [2.05, 4.69) is 35.8 Å². The highest BCUT2D eigenvalue weighted by atomic mass is 127. The third-order valence-electron chi connectivity index (χ3n) is 4.51. The maximum Gasteiger partial charge on any atom is 0.433 e. The van der Waals surface area contributed by atoms with Crippen molar-refractivity contribution in [2.24, 2.45) is 4.99 Å². The van der Waals surface area contributed by atoms with Crippen molar-refractivity contribution in [1.29, 1.82) is 0 Å². The highest BCUT2D eigenvalue weighted by molar-refractivity contribution is 14.0. The molecule has 0 atom stereocenters. The van der Waals surface area contributed by atoms with Gasteiger partial charge < -0.3 is 20.9 Å². The van der Waals surface area contributed by atoms with Gasteiger partial charge in [-0.25, -0.2) is 9.97 Å². The molecule has 1 saturated heterocycles. The topological polar surface area (TPSA) is 77.5 Å². The van der Waals surface area contributed by atoms with Crippen molar-refractivity contribution in [3.63, 3.8) is 0 Å². The molecule has 7 nitrogen and oxygen atoms in total. The Morgan fingerprint density at radius 2 is 1.79 bits per heavy atom. The zero-order valence-corrected chi connectivity index (χ0v) is 19.1. The molecule has 3 N–H and O–H groups in total. The van der Waals surface area contributed by atoms with E-state index in [9.17, 15) is 13.2 Å². The second-order valence-corrected chi connectivity index (χ2v) is 6.73. The van der Waals surface area contributed by atoms with E-state index in [0.717, 1.165) is 31.8 Å². The van der Waals surface area contributed by atoms with Gasteiger partial charge in [0.2, 0.25) is 5.95 Å². The van der Waals surface area contributed by atoms with Crippen molar-refractivity contribution < 1.29 is 13.2 Å². The fraction of sp³-hybridized carbons (Fsp3) is 0.722. The van der Waals surface area contributed by atoms with Crippen LogP contribution in [0.1, 0.15) is 37.8 Å². The van der Waals surface area contributed by atoms with Crippen molar-refractivity contribution in [2.45, 2.75) is 38.3 Å². The lowest BCUT2D eigenvalue weighted by Crippen LogP contribution is -2.40. The van der Waals surface area contributed by atoms with Crippen LogP contribution in [0, 0.1) is 0 Å². The molecular formula is C18H31F3IN7. The number of likely N-dealkylation sites (tertiary alicyclic amines) is 1. The van der Waals surface area contributed by atoms with Crippen molar-refractivity contribution in [1.82, 2.24) is 25.5 Å². The summed E-state index contributed by atoms with van der Waals surface area (Å²) in [6.45, 7) is 5.13. The van der Waals surface area contributed by atoms with Gasteiger partial charge in [-0.3, -0.25) is 4.99 Å². The van der Waals surface area contributed by atoms with E-state index in [-0.39, 0.29) is 29.9 Å². The summed E-state index contributed by atoms with van der Waals surface area (Å²) >= 11 is 0. The Balaban J connectivity index is 0.00000420. The standard InChI is InChI=1S/C18H30F3N7.HI/c1-22-16(23-8-6-14-28-12-4-2-3-5-13-28)25-10-11-26-17-24-9-7-15(27-17)18(19,20)21;/h7,9H,2-6,8,10-14H2,1H3,(H2,22,23,25)(H,24,26,27);1H. The van der Waals surface area contributed by atoms with Gasteiger partial charge in [0, 0.05) is 32.9 Å². The fourth-order valence-corrected chi connectivity index (χ4v) is 3.05. The van der Waals surface area contributed by atoms with E-state index in [1.54, 1.807) is 7.05 Å². The molecule has 0 aromatic carbocycles. The summed E-state index contributed by atoms with van der Waals surface area (Å²) in [6.07, 6.45) is 2.92. The van der Waals surface area contributed by atoms with Crippen LogP contribution in [0.4, 0.5) is 19.1 Å². The molecular weight excluding hydrogens is 498 g/mol. The van der Waals surface area contributed by atoms with Crippen LogP contribution in [0.2, 0.25) is 0 Å². The number of aromatic nitrogens is 2. The minimum atomic E-state index is -4.48. The molecule has 1 fully saturated rings. The van der Waals surface area contributed by atoms with Crippen molar-refractivity contribution in [3.8, 4) is 0 Å². The summed E-state index contributed by atoms with van der Waals surface area (Å²) < 4.78 is 37.9. The quantitative estimate of drug-likeness (QED) is 0.208. The summed E-state index contributed by atoms with van der Waals surface area (Å²) in [6, 6.07) is 0.848. The first-order valence-corrected chi connectivity index (χ1v) is 9.80. The first-order chi connectivity index (χ1) is 13.5. The largest absolute Gasteiger partial charge is 0.433 e. The number of aliphatic imine (C=N–C) groups is 1. The van der Waals surface area contributed by atoms with Crippen LogP contribution >= 0.6 is 24.0 Å². The molecule has 0 amide bonds. The molecule has 2 heterocycles. The Morgan fingerprint density at radius 1 is 1.10 bits per heavy atom. The normalized spacial score (nSPS) is 15.9. The third-order valence-corrected chi connectivity index (χ3v) is 4.51. The molecule has 1 aromatic rings. The molecule has 11 heteroatoms. The van der Waals surface area contributed by atoms with Crippen LogP contribution in [0.5, 0.6) is 0 Å². The zero-order valence-electron chi connectivity index (χ0n) is 16.8. The number of guanidine groups is 1. The molecule has 1 aliphatic rings. The summed E-state index contributed by atoms with van der Waals surface area (Å²) in [4.78, 5) is 13.9. The Labute approximate surface area is 187 Å². The van der Waals surface area contributed by atoms with Crippen LogP contribution in [-0.4, -0.2) is 67.1 Å². The molecule has 0 bridgehead atoms. The molecule has 0 saturated carbocycles. The second kappa shape index (κ2) is 13.8. The third kappa shape index (κ3) is 10.3.